The maximum absolute atomic E-state index is 12.7. The SMILES string of the molecule is CC[C@H](C)C=C(C)/C=C/C1=CC2=C(Cl)C(=O)[C@@](C)(OC(C)=O)C(=O)C2=CO1. The molecule has 1 aliphatic heterocycles. The number of esters is 1. The van der Waals surface area contributed by atoms with E-state index >= 15 is 0 Å². The van der Waals surface area contributed by atoms with Gasteiger partial charge < -0.3 is 9.47 Å². The van der Waals surface area contributed by atoms with Gasteiger partial charge in [0.05, 0.1) is 10.6 Å². The van der Waals surface area contributed by atoms with E-state index in [2.05, 4.69) is 19.9 Å². The second-order valence-corrected chi connectivity index (χ2v) is 7.22. The van der Waals surface area contributed by atoms with Crippen molar-refractivity contribution >= 4 is 29.1 Å². The van der Waals surface area contributed by atoms with Gasteiger partial charge in [0, 0.05) is 12.5 Å². The van der Waals surface area contributed by atoms with Crippen LogP contribution in [0.25, 0.3) is 0 Å². The number of rotatable bonds is 5. The summed E-state index contributed by atoms with van der Waals surface area (Å²) in [6.45, 7) is 8.60. The van der Waals surface area contributed by atoms with E-state index in [4.69, 9.17) is 21.1 Å². The smallest absolute Gasteiger partial charge is 0.304 e. The molecule has 0 aromatic rings. The first kappa shape index (κ1) is 20.9. The predicted molar refractivity (Wildman–Crippen MR) is 103 cm³/mol. The first-order valence-electron chi connectivity index (χ1n) is 8.74. The van der Waals surface area contributed by atoms with Gasteiger partial charge in [-0.3, -0.25) is 14.4 Å². The van der Waals surface area contributed by atoms with E-state index in [1.54, 1.807) is 6.08 Å². The van der Waals surface area contributed by atoms with Crippen molar-refractivity contribution in [1.82, 2.24) is 0 Å². The van der Waals surface area contributed by atoms with Crippen LogP contribution in [0.1, 0.15) is 41.0 Å². The molecule has 2 atom stereocenters. The van der Waals surface area contributed by atoms with Crippen LogP contribution in [0.15, 0.2) is 58.1 Å². The Morgan fingerprint density at radius 2 is 2.00 bits per heavy atom. The van der Waals surface area contributed by atoms with Crippen molar-refractivity contribution in [3.63, 3.8) is 0 Å². The number of hydrogen-bond donors (Lipinski definition) is 0. The summed E-state index contributed by atoms with van der Waals surface area (Å²) in [5, 5.41) is -0.161. The fourth-order valence-corrected chi connectivity index (χ4v) is 3.13. The fourth-order valence-electron chi connectivity index (χ4n) is 2.80. The molecule has 6 heteroatoms. The summed E-state index contributed by atoms with van der Waals surface area (Å²) < 4.78 is 10.5. The second-order valence-electron chi connectivity index (χ2n) is 6.84. The summed E-state index contributed by atoms with van der Waals surface area (Å²) in [6.07, 6.45) is 9.60. The number of halogens is 1. The van der Waals surface area contributed by atoms with E-state index in [0.717, 1.165) is 18.9 Å². The van der Waals surface area contributed by atoms with Gasteiger partial charge in [-0.1, -0.05) is 49.6 Å². The summed E-state index contributed by atoms with van der Waals surface area (Å²) in [7, 11) is 0. The summed E-state index contributed by atoms with van der Waals surface area (Å²) >= 11 is 6.20. The van der Waals surface area contributed by atoms with Crippen molar-refractivity contribution in [2.24, 2.45) is 5.92 Å². The number of Topliss-reactive ketones (excluding diaryl/α,β-unsaturated/α-hetero) is 2. The molecule has 1 aliphatic carbocycles. The minimum Gasteiger partial charge on any atom is -0.464 e. The van der Waals surface area contributed by atoms with Crippen molar-refractivity contribution in [3.05, 3.63) is 58.1 Å². The lowest BCUT2D eigenvalue weighted by Gasteiger charge is -2.32. The number of carbonyl (C=O) groups excluding carboxylic acids is 3. The molecule has 144 valence electrons. The molecule has 0 bridgehead atoms. The number of ether oxygens (including phenoxy) is 2. The van der Waals surface area contributed by atoms with Gasteiger partial charge in [0.25, 0.3) is 0 Å². The van der Waals surface area contributed by atoms with Crippen LogP contribution in [0.4, 0.5) is 0 Å². The van der Waals surface area contributed by atoms with Gasteiger partial charge in [0.15, 0.2) is 0 Å². The Kier molecular flexibility index (Phi) is 6.26. The average molecular weight is 391 g/mol. The molecule has 0 aromatic heterocycles. The zero-order chi connectivity index (χ0) is 20.4. The van der Waals surface area contributed by atoms with Gasteiger partial charge in [-0.15, -0.1) is 0 Å². The van der Waals surface area contributed by atoms with E-state index in [-0.39, 0.29) is 16.2 Å². The standard InChI is InChI=1S/C21H23ClO5/c1-6-12(2)9-13(3)7-8-15-10-16-17(11-26-15)19(24)21(5,27-14(4)23)20(25)18(16)22/h7-12H,6H2,1-5H3/b8-7+,13-9?/t12-,21-/m0/s1. The maximum Gasteiger partial charge on any atom is 0.304 e. The summed E-state index contributed by atoms with van der Waals surface area (Å²) in [4.78, 5) is 36.6. The molecule has 0 fully saturated rings. The zero-order valence-corrected chi connectivity index (χ0v) is 16.8. The molecule has 0 N–H and O–H groups in total. The molecule has 0 saturated heterocycles. The highest BCUT2D eigenvalue weighted by atomic mass is 35.5. The Bertz CT molecular complexity index is 841. The Balaban J connectivity index is 2.36. The third-order valence-electron chi connectivity index (χ3n) is 4.49. The van der Waals surface area contributed by atoms with Crippen LogP contribution >= 0.6 is 11.6 Å². The molecule has 0 unspecified atom stereocenters. The zero-order valence-electron chi connectivity index (χ0n) is 16.1. The monoisotopic (exact) mass is 390 g/mol. The van der Waals surface area contributed by atoms with Crippen LogP contribution in [0.2, 0.25) is 0 Å². The van der Waals surface area contributed by atoms with Crippen molar-refractivity contribution in [3.8, 4) is 0 Å². The van der Waals surface area contributed by atoms with Crippen LogP contribution in [0.3, 0.4) is 0 Å². The first-order valence-corrected chi connectivity index (χ1v) is 9.12. The Morgan fingerprint density at radius 3 is 2.59 bits per heavy atom. The minimum atomic E-state index is -1.97. The number of fused-ring (bicyclic) bond motifs is 1. The molecule has 0 aromatic carbocycles. The maximum atomic E-state index is 12.7. The van der Waals surface area contributed by atoms with Gasteiger partial charge in [0.1, 0.15) is 12.0 Å². The summed E-state index contributed by atoms with van der Waals surface area (Å²) in [5.74, 6) is -1.24. The van der Waals surface area contributed by atoms with E-state index in [1.807, 2.05) is 13.0 Å². The van der Waals surface area contributed by atoms with Crippen LogP contribution in [0, 0.1) is 5.92 Å². The van der Waals surface area contributed by atoms with Crippen molar-refractivity contribution in [2.75, 3.05) is 0 Å². The van der Waals surface area contributed by atoms with Crippen molar-refractivity contribution in [1.29, 1.82) is 0 Å². The van der Waals surface area contributed by atoms with Gasteiger partial charge in [0.2, 0.25) is 17.2 Å². The van der Waals surface area contributed by atoms with Crippen LogP contribution in [0.5, 0.6) is 0 Å². The topological polar surface area (TPSA) is 69.7 Å². The van der Waals surface area contributed by atoms with E-state index < -0.39 is 23.1 Å². The summed E-state index contributed by atoms with van der Waals surface area (Å²) in [6, 6.07) is 0. The van der Waals surface area contributed by atoms with Crippen LogP contribution < -0.4 is 0 Å². The van der Waals surface area contributed by atoms with Gasteiger partial charge in [-0.2, -0.15) is 0 Å². The molecule has 0 saturated carbocycles. The molecule has 0 radical (unpaired) electrons. The third kappa shape index (κ3) is 4.30. The quantitative estimate of drug-likeness (QED) is 0.397. The van der Waals surface area contributed by atoms with Crippen LogP contribution in [-0.4, -0.2) is 23.1 Å². The molecular weight excluding hydrogens is 368 g/mol. The molecule has 27 heavy (non-hydrogen) atoms. The largest absolute Gasteiger partial charge is 0.464 e. The molecule has 2 rings (SSSR count). The third-order valence-corrected chi connectivity index (χ3v) is 4.86. The van der Waals surface area contributed by atoms with E-state index in [9.17, 15) is 14.4 Å². The van der Waals surface area contributed by atoms with Gasteiger partial charge in [-0.25, -0.2) is 0 Å². The van der Waals surface area contributed by atoms with Crippen molar-refractivity contribution in [2.45, 2.75) is 46.6 Å². The Hall–Kier alpha value is -2.40. The van der Waals surface area contributed by atoms with E-state index in [1.165, 1.54) is 19.3 Å². The van der Waals surface area contributed by atoms with Gasteiger partial charge in [-0.05, 0) is 31.9 Å². The molecule has 0 amide bonds. The lowest BCUT2D eigenvalue weighted by Crippen LogP contribution is -2.51. The highest BCUT2D eigenvalue weighted by Crippen LogP contribution is 2.38. The molecule has 2 aliphatic rings. The van der Waals surface area contributed by atoms with Gasteiger partial charge >= 0.3 is 5.97 Å². The van der Waals surface area contributed by atoms with Crippen molar-refractivity contribution < 1.29 is 23.9 Å². The number of ketones is 2. The highest BCUT2D eigenvalue weighted by Gasteiger charge is 2.52. The highest BCUT2D eigenvalue weighted by molar-refractivity contribution is 6.49. The lowest BCUT2D eigenvalue weighted by atomic mass is 9.80. The minimum absolute atomic E-state index is 0.104. The second kappa shape index (κ2) is 8.09. The number of hydrogen-bond acceptors (Lipinski definition) is 5. The number of carbonyl (C=O) groups is 3. The molecular formula is C21H23ClO5. The molecule has 5 nitrogen and oxygen atoms in total. The molecule has 1 heterocycles. The first-order chi connectivity index (χ1) is 12.6. The lowest BCUT2D eigenvalue weighted by molar-refractivity contribution is -0.167. The summed E-state index contributed by atoms with van der Waals surface area (Å²) in [5.41, 5.74) is -0.529. The average Bonchev–Trinajstić information content (AvgIpc) is 2.62. The predicted octanol–water partition coefficient (Wildman–Crippen LogP) is 4.30. The Morgan fingerprint density at radius 1 is 1.33 bits per heavy atom. The van der Waals surface area contributed by atoms with E-state index in [0.29, 0.717) is 11.7 Å². The normalized spacial score (nSPS) is 24.3. The molecule has 0 spiro atoms. The Labute approximate surface area is 164 Å². The number of allylic oxidation sites excluding steroid dienone is 6. The fraction of sp³-hybridized carbons (Fsp3) is 0.381. The van der Waals surface area contributed by atoms with Crippen LogP contribution in [-0.2, 0) is 23.9 Å².